The molecule has 1 unspecified atom stereocenters. The number of hydrogen-bond acceptors (Lipinski definition) is 6. The van der Waals surface area contributed by atoms with E-state index in [1.165, 1.54) is 0 Å². The van der Waals surface area contributed by atoms with E-state index in [2.05, 4.69) is 20.0 Å². The zero-order chi connectivity index (χ0) is 17.9. The number of rotatable bonds is 5. The number of hydrogen-bond donors (Lipinski definition) is 0. The van der Waals surface area contributed by atoms with E-state index < -0.39 is 0 Å². The smallest absolute Gasteiger partial charge is 0.266 e. The number of pyridine rings is 1. The highest BCUT2D eigenvalue weighted by Gasteiger charge is 2.26. The van der Waals surface area contributed by atoms with Crippen molar-refractivity contribution >= 4 is 0 Å². The van der Waals surface area contributed by atoms with Crippen LogP contribution >= 0.6 is 0 Å². The molecule has 0 N–H and O–H groups in total. The number of oxazole rings is 1. The predicted molar refractivity (Wildman–Crippen MR) is 96.4 cm³/mol. The lowest BCUT2D eigenvalue weighted by Gasteiger charge is -2.23. The minimum Gasteiger partial charge on any atom is -0.449 e. The first kappa shape index (κ1) is 16.7. The molecule has 134 valence electrons. The maximum atomic E-state index is 12.3. The molecule has 1 aliphatic rings. The molecule has 7 nitrogen and oxygen atoms in total. The topological polar surface area (TPSA) is 77.1 Å². The molecule has 0 spiro atoms. The molecule has 4 rings (SSSR count). The molecule has 3 aromatic rings. The van der Waals surface area contributed by atoms with Crippen molar-refractivity contribution in [2.24, 2.45) is 0 Å². The van der Waals surface area contributed by atoms with Gasteiger partial charge in [0.2, 0.25) is 0 Å². The summed E-state index contributed by atoms with van der Waals surface area (Å²) >= 11 is 0. The van der Waals surface area contributed by atoms with E-state index in [0.29, 0.717) is 12.4 Å². The Bertz CT molecular complexity index is 934. The first-order valence-corrected chi connectivity index (χ1v) is 8.83. The average Bonchev–Trinajstić information content (AvgIpc) is 3.27. The van der Waals surface area contributed by atoms with Crippen molar-refractivity contribution in [2.75, 3.05) is 6.54 Å². The minimum atomic E-state index is -0.0769. The molecule has 1 saturated heterocycles. The Morgan fingerprint density at radius 3 is 2.85 bits per heavy atom. The van der Waals surface area contributed by atoms with E-state index >= 15 is 0 Å². The fourth-order valence-electron chi connectivity index (χ4n) is 3.45. The van der Waals surface area contributed by atoms with Crippen molar-refractivity contribution in [1.29, 1.82) is 0 Å². The molecule has 0 aliphatic carbocycles. The summed E-state index contributed by atoms with van der Waals surface area (Å²) in [4.78, 5) is 23.1. The molecule has 4 heterocycles. The highest BCUT2D eigenvalue weighted by atomic mass is 16.3. The molecule has 1 aliphatic heterocycles. The van der Waals surface area contributed by atoms with Crippen LogP contribution in [-0.2, 0) is 13.1 Å². The average molecular weight is 351 g/mol. The summed E-state index contributed by atoms with van der Waals surface area (Å²) in [6.45, 7) is 4.16. The fourth-order valence-corrected chi connectivity index (χ4v) is 3.45. The zero-order valence-electron chi connectivity index (χ0n) is 14.7. The summed E-state index contributed by atoms with van der Waals surface area (Å²) in [5.41, 5.74) is 2.59. The SMILES string of the molecule is Cc1nc(CN2CCCC2Cn2nc(-c3ccncc3)ccc2=O)co1. The predicted octanol–water partition coefficient (Wildman–Crippen LogP) is 2.27. The van der Waals surface area contributed by atoms with Crippen LogP contribution in [0.3, 0.4) is 0 Å². The lowest BCUT2D eigenvalue weighted by Crippen LogP contribution is -2.36. The normalized spacial score (nSPS) is 17.7. The number of nitrogens with zero attached hydrogens (tertiary/aromatic N) is 5. The van der Waals surface area contributed by atoms with Gasteiger partial charge in [0.1, 0.15) is 6.26 Å². The van der Waals surface area contributed by atoms with Crippen molar-refractivity contribution in [3.63, 3.8) is 0 Å². The minimum absolute atomic E-state index is 0.0769. The quantitative estimate of drug-likeness (QED) is 0.702. The maximum Gasteiger partial charge on any atom is 0.266 e. The largest absolute Gasteiger partial charge is 0.449 e. The van der Waals surface area contributed by atoms with Gasteiger partial charge in [-0.15, -0.1) is 0 Å². The number of likely N-dealkylation sites (tertiary alicyclic amines) is 1. The first-order valence-electron chi connectivity index (χ1n) is 8.83. The van der Waals surface area contributed by atoms with Gasteiger partial charge in [0.25, 0.3) is 5.56 Å². The van der Waals surface area contributed by atoms with Crippen molar-refractivity contribution < 1.29 is 4.42 Å². The van der Waals surface area contributed by atoms with E-state index in [1.54, 1.807) is 35.5 Å². The third kappa shape index (κ3) is 3.57. The Morgan fingerprint density at radius 1 is 1.23 bits per heavy atom. The van der Waals surface area contributed by atoms with Gasteiger partial charge in [-0.1, -0.05) is 0 Å². The number of aromatic nitrogens is 4. The van der Waals surface area contributed by atoms with Gasteiger partial charge >= 0.3 is 0 Å². The van der Waals surface area contributed by atoms with Crippen LogP contribution in [0.2, 0.25) is 0 Å². The van der Waals surface area contributed by atoms with Crippen molar-refractivity contribution in [2.45, 2.75) is 38.9 Å². The fraction of sp³-hybridized carbons (Fsp3) is 0.368. The lowest BCUT2D eigenvalue weighted by atomic mass is 10.2. The van der Waals surface area contributed by atoms with Crippen LogP contribution in [0, 0.1) is 6.92 Å². The van der Waals surface area contributed by atoms with Gasteiger partial charge in [-0.3, -0.25) is 14.7 Å². The van der Waals surface area contributed by atoms with E-state index in [-0.39, 0.29) is 11.6 Å². The van der Waals surface area contributed by atoms with Gasteiger partial charge in [-0.2, -0.15) is 5.10 Å². The van der Waals surface area contributed by atoms with Crippen LogP contribution in [0.15, 0.2) is 52.1 Å². The summed E-state index contributed by atoms with van der Waals surface area (Å²) in [7, 11) is 0. The first-order chi connectivity index (χ1) is 12.7. The van der Waals surface area contributed by atoms with Crippen molar-refractivity contribution in [3.8, 4) is 11.3 Å². The second-order valence-electron chi connectivity index (χ2n) is 6.60. The standard InChI is InChI=1S/C19H21N5O2/c1-14-21-16(13-26-14)11-23-10-2-3-17(23)12-24-19(25)5-4-18(22-24)15-6-8-20-9-7-15/h4-9,13,17H,2-3,10-12H2,1H3. The van der Waals surface area contributed by atoms with E-state index in [9.17, 15) is 4.79 Å². The van der Waals surface area contributed by atoms with Crippen LogP contribution in [0.1, 0.15) is 24.4 Å². The maximum absolute atomic E-state index is 12.3. The molecular formula is C19H21N5O2. The molecular weight excluding hydrogens is 330 g/mol. The zero-order valence-corrected chi connectivity index (χ0v) is 14.7. The molecule has 3 aromatic heterocycles. The molecule has 26 heavy (non-hydrogen) atoms. The van der Waals surface area contributed by atoms with Gasteiger partial charge in [-0.25, -0.2) is 9.67 Å². The molecule has 7 heteroatoms. The van der Waals surface area contributed by atoms with Crippen LogP contribution in [-0.4, -0.2) is 37.2 Å². The molecule has 1 atom stereocenters. The Labute approximate surface area is 151 Å². The van der Waals surface area contributed by atoms with Crippen LogP contribution in [0.4, 0.5) is 0 Å². The third-order valence-corrected chi connectivity index (χ3v) is 4.76. The van der Waals surface area contributed by atoms with Crippen molar-refractivity contribution in [3.05, 3.63) is 64.9 Å². The van der Waals surface area contributed by atoms with Crippen LogP contribution < -0.4 is 5.56 Å². The summed E-state index contributed by atoms with van der Waals surface area (Å²) in [6, 6.07) is 7.41. The molecule has 0 aromatic carbocycles. The van der Waals surface area contributed by atoms with E-state index in [0.717, 1.165) is 42.9 Å². The third-order valence-electron chi connectivity index (χ3n) is 4.76. The summed E-state index contributed by atoms with van der Waals surface area (Å²) in [5, 5.41) is 4.57. The monoisotopic (exact) mass is 351 g/mol. The lowest BCUT2D eigenvalue weighted by molar-refractivity contribution is 0.214. The van der Waals surface area contributed by atoms with Crippen molar-refractivity contribution in [1.82, 2.24) is 24.6 Å². The summed E-state index contributed by atoms with van der Waals surface area (Å²) in [5.74, 6) is 0.679. The second-order valence-corrected chi connectivity index (χ2v) is 6.60. The Hall–Kier alpha value is -2.80. The van der Waals surface area contributed by atoms with Gasteiger partial charge < -0.3 is 4.42 Å². The summed E-state index contributed by atoms with van der Waals surface area (Å²) in [6.07, 6.45) is 7.32. The van der Waals surface area contributed by atoms with Gasteiger partial charge in [0.05, 0.1) is 17.9 Å². The molecule has 1 fully saturated rings. The Kier molecular flexibility index (Phi) is 4.62. The number of aryl methyl sites for hydroxylation is 1. The highest BCUT2D eigenvalue weighted by molar-refractivity contribution is 5.56. The van der Waals surface area contributed by atoms with Gasteiger partial charge in [0.15, 0.2) is 5.89 Å². The van der Waals surface area contributed by atoms with E-state index in [1.807, 2.05) is 19.1 Å². The van der Waals surface area contributed by atoms with Crippen LogP contribution in [0.25, 0.3) is 11.3 Å². The molecule has 0 bridgehead atoms. The van der Waals surface area contributed by atoms with Gasteiger partial charge in [0, 0.05) is 43.5 Å². The second kappa shape index (κ2) is 7.21. The molecule has 0 amide bonds. The molecule has 0 radical (unpaired) electrons. The molecule has 0 saturated carbocycles. The highest BCUT2D eigenvalue weighted by Crippen LogP contribution is 2.21. The Balaban J connectivity index is 1.53. The Morgan fingerprint density at radius 2 is 2.08 bits per heavy atom. The van der Waals surface area contributed by atoms with Crippen LogP contribution in [0.5, 0.6) is 0 Å². The summed E-state index contributed by atoms with van der Waals surface area (Å²) < 4.78 is 6.88. The van der Waals surface area contributed by atoms with Gasteiger partial charge in [-0.05, 0) is 37.6 Å². The van der Waals surface area contributed by atoms with E-state index in [4.69, 9.17) is 4.42 Å².